The van der Waals surface area contributed by atoms with Crippen LogP contribution in [-0.4, -0.2) is 0 Å². The van der Waals surface area contributed by atoms with Crippen LogP contribution in [0.5, 0.6) is 0 Å². The topological polar surface area (TPSA) is 11.6 Å². The van der Waals surface area contributed by atoms with Gasteiger partial charge in [0.05, 0.1) is 16.2 Å². The van der Waals surface area contributed by atoms with Gasteiger partial charge in [-0.3, -0.25) is 0 Å². The van der Waals surface area contributed by atoms with Crippen molar-refractivity contribution in [2.45, 2.75) is 125 Å². The maximum atomic E-state index is 9.23. The maximum Gasteiger partial charge on any atom is 0.213 e. The van der Waals surface area contributed by atoms with Gasteiger partial charge in [-0.05, 0) is 229 Å². The van der Waals surface area contributed by atoms with Crippen LogP contribution < -0.4 is 13.7 Å². The van der Waals surface area contributed by atoms with Crippen molar-refractivity contribution < 1.29 is 28.8 Å². The van der Waals surface area contributed by atoms with E-state index in [2.05, 4.69) is 201 Å². The smallest absolute Gasteiger partial charge is 0.200 e. The molecule has 0 spiro atoms. The number of aryl methyl sites for hydroxylation is 9. The lowest BCUT2D eigenvalue weighted by molar-refractivity contribution is -0.659. The van der Waals surface area contributed by atoms with Crippen molar-refractivity contribution in [3.63, 3.8) is 0 Å². The van der Waals surface area contributed by atoms with Gasteiger partial charge in [0.15, 0.2) is 18.6 Å². The summed E-state index contributed by atoms with van der Waals surface area (Å²) in [6, 6.07) is 67.2. The third kappa shape index (κ3) is 12.3. The Morgan fingerprint density at radius 2 is 0.735 bits per heavy atom. The van der Waals surface area contributed by atoms with Crippen molar-refractivity contribution in [1.82, 2.24) is 0 Å². The van der Waals surface area contributed by atoms with Crippen molar-refractivity contribution >= 4 is 127 Å². The van der Waals surface area contributed by atoms with E-state index in [4.69, 9.17) is 13.7 Å². The van der Waals surface area contributed by atoms with Crippen molar-refractivity contribution in [3.8, 4) is 44.9 Å². The van der Waals surface area contributed by atoms with E-state index in [-0.39, 0.29) is 0 Å². The fraction of sp³-hybridized carbons (Fsp3) is 0.250. The molecule has 2 aliphatic rings. The molecule has 6 aromatic heterocycles. The molecule has 0 aliphatic heterocycles. The van der Waals surface area contributed by atoms with E-state index in [0.717, 1.165) is 113 Å². The molecule has 0 bridgehead atoms. The van der Waals surface area contributed by atoms with Crippen LogP contribution in [0, 0.1) is 46.7 Å². The Morgan fingerprint density at radius 1 is 0.357 bits per heavy atom. The zero-order valence-corrected chi connectivity index (χ0v) is 59.6. The fourth-order valence-corrected chi connectivity index (χ4v) is 18.9. The van der Waals surface area contributed by atoms with Crippen LogP contribution in [0.15, 0.2) is 213 Å². The van der Waals surface area contributed by atoms with E-state index < -0.39 is 32.3 Å². The lowest BCUT2D eigenvalue weighted by Crippen LogP contribution is -2.30. The molecule has 2 fully saturated rings. The van der Waals surface area contributed by atoms with Gasteiger partial charge in [-0.25, -0.2) is 13.7 Å². The number of hydrogen-bond acceptors (Lipinski definition) is 3. The molecule has 6 heteroatoms. The Hall–Kier alpha value is -8.91. The van der Waals surface area contributed by atoms with Gasteiger partial charge in [0.25, 0.3) is 0 Å². The van der Waals surface area contributed by atoms with Gasteiger partial charge >= 0.3 is 0 Å². The number of pyridine rings is 3. The van der Waals surface area contributed by atoms with Crippen molar-refractivity contribution in [2.24, 2.45) is 26.6 Å². The molecular formula is C92H88N3S3+3. The van der Waals surface area contributed by atoms with Gasteiger partial charge in [0.1, 0.15) is 21.1 Å². The van der Waals surface area contributed by atoms with Gasteiger partial charge in [0, 0.05) is 94.3 Å². The second kappa shape index (κ2) is 25.7. The van der Waals surface area contributed by atoms with Gasteiger partial charge < -0.3 is 0 Å². The SMILES string of the molecule is [2H]C([2H])([2H])c1ccc(-c2cc3sc4cc5cc(-c6ccccc6)ccc5cc4c3c[n+]2C)c(C)c1.[2H]C([2H])([2H])c1ccc(-c2cc3sc4cc5cc(C6([2H])CCC(C)(C)CC6)ccc5cc4c3c[n+]2C)c(C)c1.[2H]C([2H])([2H])c1ccc(-c2cc3sc4cc5cc(C6([2H])CCCCC6)ccc5cc4c3c[n+]2C)c(C)c1. The first kappa shape index (κ1) is 52.2. The summed E-state index contributed by atoms with van der Waals surface area (Å²) in [4.78, 5) is 0. The summed E-state index contributed by atoms with van der Waals surface area (Å²) in [5, 5.41) is 14.8. The molecule has 0 atom stereocenters. The minimum atomic E-state index is -2.10. The summed E-state index contributed by atoms with van der Waals surface area (Å²) in [6.45, 7) is 4.30. The third-order valence-corrected chi connectivity index (χ3v) is 24.5. The highest BCUT2D eigenvalue weighted by Gasteiger charge is 2.29. The first-order chi connectivity index (χ1) is 51.7. The normalized spacial score (nSPS) is 17.2. The summed E-state index contributed by atoms with van der Waals surface area (Å²) in [7, 11) is 6.17. The molecule has 16 aromatic rings. The van der Waals surface area contributed by atoms with Crippen molar-refractivity contribution in [1.29, 1.82) is 0 Å². The predicted octanol–water partition coefficient (Wildman–Crippen LogP) is 25.3. The monoisotopic (exact) mass is 1340 g/mol. The lowest BCUT2D eigenvalue weighted by Gasteiger charge is -2.34. The van der Waals surface area contributed by atoms with Crippen LogP contribution in [0.25, 0.3) is 138 Å². The highest BCUT2D eigenvalue weighted by Crippen LogP contribution is 2.46. The summed E-state index contributed by atoms with van der Waals surface area (Å²) in [5.74, 6) is -0.939. The molecule has 6 heterocycles. The van der Waals surface area contributed by atoms with Crippen LogP contribution in [0.1, 0.15) is 143 Å². The molecule has 0 saturated heterocycles. The Balaban J connectivity index is 0.000000125. The number of benzene rings is 10. The molecule has 0 radical (unpaired) electrons. The molecule has 2 aliphatic carbocycles. The third-order valence-electron chi connectivity index (χ3n) is 21.1. The summed E-state index contributed by atoms with van der Waals surface area (Å²) >= 11 is 5.40. The first-order valence-corrected chi connectivity index (χ1v) is 37.0. The highest BCUT2D eigenvalue weighted by molar-refractivity contribution is 7.26. The Kier molecular flexibility index (Phi) is 13.7. The molecule has 486 valence electrons. The van der Waals surface area contributed by atoms with Crippen LogP contribution in [0.3, 0.4) is 0 Å². The number of rotatable bonds is 6. The van der Waals surface area contributed by atoms with Gasteiger partial charge in [-0.1, -0.05) is 165 Å². The molecule has 3 nitrogen and oxygen atoms in total. The molecule has 0 unspecified atom stereocenters. The standard InChI is InChI=1S/C32H34NS.C30H30NS.C30H24NS/c1-20-6-9-26(21(2)14-20)29-18-31-28(19-33(29)5)27-16-24-8-7-23(15-25(24)17-30(27)34-31)22-10-12-32(3,4)13-11-22;2*1-19-9-12-25(20(2)13-19)28-17-30-27(18-31(28)3)26-15-23-11-10-22(21-7-5-4-6-8-21)14-24(23)16-29(26)32-30/h6-9,14-19,22H,10-13H2,1-5H3;9-18,21H,4-8H2,1-3H3;4-18H,1-3H3/q3*+1/i1D3,22D;1D3,21D;1D3. The van der Waals surface area contributed by atoms with Gasteiger partial charge in [0.2, 0.25) is 17.1 Å². The number of thiophene rings is 3. The maximum absolute atomic E-state index is 9.23. The van der Waals surface area contributed by atoms with E-state index in [0.29, 0.717) is 22.1 Å². The van der Waals surface area contributed by atoms with E-state index in [1.165, 1.54) is 110 Å². The van der Waals surface area contributed by atoms with Crippen LogP contribution in [0.4, 0.5) is 0 Å². The molecule has 2 saturated carbocycles. The van der Waals surface area contributed by atoms with E-state index in [9.17, 15) is 1.37 Å². The minimum Gasteiger partial charge on any atom is -0.200 e. The Morgan fingerprint density at radius 3 is 1.13 bits per heavy atom. The van der Waals surface area contributed by atoms with Crippen LogP contribution in [-0.2, 0) is 21.1 Å². The van der Waals surface area contributed by atoms with Gasteiger partial charge in [-0.15, -0.1) is 34.0 Å². The first-order valence-electron chi connectivity index (χ1n) is 40.0. The van der Waals surface area contributed by atoms with Crippen LogP contribution in [0.2, 0.25) is 0 Å². The minimum absolute atomic E-state index is 0.343. The second-order valence-electron chi connectivity index (χ2n) is 28.6. The summed E-state index contributed by atoms with van der Waals surface area (Å²) in [6.07, 6.45) is 16.1. The Bertz CT molecular complexity index is 6320. The Labute approximate surface area is 605 Å². The summed E-state index contributed by atoms with van der Waals surface area (Å²) < 4.78 is 102. The average Bonchev–Trinajstić information content (AvgIpc) is 1.59. The fourth-order valence-electron chi connectivity index (χ4n) is 15.5. The quantitative estimate of drug-likeness (QED) is 0.147. The van der Waals surface area contributed by atoms with E-state index in [1.807, 2.05) is 45.0 Å². The highest BCUT2D eigenvalue weighted by atomic mass is 32.1. The molecular weight excluding hydrogens is 1240 g/mol. The van der Waals surface area contributed by atoms with Crippen LogP contribution >= 0.6 is 34.0 Å². The molecule has 0 N–H and O–H groups in total. The molecule has 18 rings (SSSR count). The number of fused-ring (bicyclic) bond motifs is 12. The average molecular weight is 1340 g/mol. The number of aromatic nitrogens is 3. The second-order valence-corrected chi connectivity index (χ2v) is 31.8. The number of nitrogens with zero attached hydrogens (tertiary/aromatic N) is 3. The predicted molar refractivity (Wildman–Crippen MR) is 425 cm³/mol. The zero-order chi connectivity index (χ0) is 76.6. The lowest BCUT2D eigenvalue weighted by atomic mass is 9.71. The summed E-state index contributed by atoms with van der Waals surface area (Å²) in [5.41, 5.74) is 15.5. The molecule has 0 amide bonds. The van der Waals surface area contributed by atoms with E-state index >= 15 is 0 Å². The van der Waals surface area contributed by atoms with Crippen molar-refractivity contribution in [3.05, 3.63) is 257 Å². The van der Waals surface area contributed by atoms with Gasteiger partial charge in [-0.2, -0.15) is 0 Å². The van der Waals surface area contributed by atoms with Crippen molar-refractivity contribution in [2.75, 3.05) is 0 Å². The molecule has 10 aromatic carbocycles. The molecule has 98 heavy (non-hydrogen) atoms. The zero-order valence-electron chi connectivity index (χ0n) is 68.1. The van der Waals surface area contributed by atoms with E-state index in [1.54, 1.807) is 70.4 Å². The number of hydrogen-bond donors (Lipinski definition) is 0. The largest absolute Gasteiger partial charge is 0.213 e.